The Morgan fingerprint density at radius 1 is 1.30 bits per heavy atom. The highest BCUT2D eigenvalue weighted by atomic mass is 19.1. The Kier molecular flexibility index (Phi) is 3.38. The van der Waals surface area contributed by atoms with E-state index in [9.17, 15) is 4.39 Å². The Bertz CT molecular complexity index is 484. The predicted octanol–water partition coefficient (Wildman–Crippen LogP) is 4.08. The summed E-state index contributed by atoms with van der Waals surface area (Å²) in [5.41, 5.74) is 0.864. The van der Waals surface area contributed by atoms with Gasteiger partial charge in [-0.25, -0.2) is 4.39 Å². The maximum Gasteiger partial charge on any atom is 0.123 e. The molecule has 3 atom stereocenters. The zero-order valence-corrected chi connectivity index (χ0v) is 12.5. The van der Waals surface area contributed by atoms with E-state index in [0.29, 0.717) is 12.5 Å². The smallest absolute Gasteiger partial charge is 0.123 e. The van der Waals surface area contributed by atoms with Crippen LogP contribution < -0.4 is 0 Å². The lowest BCUT2D eigenvalue weighted by Gasteiger charge is -2.31. The summed E-state index contributed by atoms with van der Waals surface area (Å²) in [6.45, 7) is 7.15. The first-order valence-corrected chi connectivity index (χ1v) is 7.50. The highest BCUT2D eigenvalue weighted by molar-refractivity contribution is 5.16. The molecular weight excluding hydrogens is 255 g/mol. The Labute approximate surface area is 120 Å². The molecule has 2 aliphatic rings. The van der Waals surface area contributed by atoms with E-state index in [2.05, 4.69) is 20.8 Å². The molecule has 1 aromatic carbocycles. The zero-order chi connectivity index (χ0) is 14.4. The molecule has 110 valence electrons. The third-order valence-corrected chi connectivity index (χ3v) is 5.11. The molecule has 0 radical (unpaired) electrons. The van der Waals surface area contributed by atoms with E-state index >= 15 is 0 Å². The highest BCUT2D eigenvalue weighted by Crippen LogP contribution is 2.55. The molecule has 0 spiro atoms. The summed E-state index contributed by atoms with van der Waals surface area (Å²) < 4.78 is 25.3. The Balaban J connectivity index is 1.66. The van der Waals surface area contributed by atoms with Crippen LogP contribution in [0.25, 0.3) is 0 Å². The summed E-state index contributed by atoms with van der Waals surface area (Å²) in [7, 11) is 0. The van der Waals surface area contributed by atoms with Crippen LogP contribution in [0, 0.1) is 11.7 Å². The van der Waals surface area contributed by atoms with Gasteiger partial charge >= 0.3 is 0 Å². The summed E-state index contributed by atoms with van der Waals surface area (Å²) in [4.78, 5) is 0. The van der Waals surface area contributed by atoms with Crippen molar-refractivity contribution in [2.24, 2.45) is 5.92 Å². The number of hydrogen-bond acceptors (Lipinski definition) is 2. The van der Waals surface area contributed by atoms with Crippen LogP contribution >= 0.6 is 0 Å². The van der Waals surface area contributed by atoms with Crippen LogP contribution in [0.15, 0.2) is 24.3 Å². The first-order chi connectivity index (χ1) is 9.43. The van der Waals surface area contributed by atoms with Crippen molar-refractivity contribution in [3.63, 3.8) is 0 Å². The molecule has 0 aromatic heterocycles. The van der Waals surface area contributed by atoms with E-state index < -0.39 is 0 Å². The van der Waals surface area contributed by atoms with Crippen molar-refractivity contribution in [1.82, 2.24) is 0 Å². The molecule has 20 heavy (non-hydrogen) atoms. The largest absolute Gasteiger partial charge is 0.370 e. The molecular formula is C17H23FO2. The molecule has 1 aromatic rings. The van der Waals surface area contributed by atoms with Gasteiger partial charge in [0.2, 0.25) is 0 Å². The van der Waals surface area contributed by atoms with Gasteiger partial charge in [0.15, 0.2) is 0 Å². The second kappa shape index (κ2) is 4.81. The van der Waals surface area contributed by atoms with Gasteiger partial charge in [-0.05, 0) is 43.4 Å². The summed E-state index contributed by atoms with van der Waals surface area (Å²) in [5.74, 6) is 0.312. The Hall–Kier alpha value is -0.930. The number of rotatable bonds is 4. The molecule has 3 rings (SSSR count). The molecule has 0 unspecified atom stereocenters. The van der Waals surface area contributed by atoms with Gasteiger partial charge in [-0.3, -0.25) is 0 Å². The molecule has 2 bridgehead atoms. The van der Waals surface area contributed by atoms with Crippen molar-refractivity contribution < 1.29 is 13.9 Å². The van der Waals surface area contributed by atoms with E-state index in [0.717, 1.165) is 24.8 Å². The van der Waals surface area contributed by atoms with Crippen LogP contribution in [0.5, 0.6) is 0 Å². The fourth-order valence-corrected chi connectivity index (χ4v) is 3.58. The van der Waals surface area contributed by atoms with Crippen molar-refractivity contribution in [1.29, 1.82) is 0 Å². The molecule has 2 aliphatic heterocycles. The zero-order valence-electron chi connectivity index (χ0n) is 12.5. The third-order valence-electron chi connectivity index (χ3n) is 5.11. The molecule has 3 heteroatoms. The first kappa shape index (κ1) is 14.0. The van der Waals surface area contributed by atoms with Crippen molar-refractivity contribution in [3.05, 3.63) is 35.6 Å². The molecule has 0 amide bonds. The van der Waals surface area contributed by atoms with Crippen molar-refractivity contribution >= 4 is 0 Å². The number of halogens is 1. The Morgan fingerprint density at radius 2 is 2.00 bits per heavy atom. The van der Waals surface area contributed by atoms with E-state index in [1.54, 1.807) is 12.1 Å². The number of fused-ring (bicyclic) bond motifs is 2. The van der Waals surface area contributed by atoms with Crippen LogP contribution in [0.3, 0.4) is 0 Å². The average molecular weight is 278 g/mol. The van der Waals surface area contributed by atoms with Gasteiger partial charge in [0.05, 0.1) is 23.9 Å². The molecule has 2 saturated heterocycles. The summed E-state index contributed by atoms with van der Waals surface area (Å²) in [6.07, 6.45) is 3.32. The third kappa shape index (κ3) is 2.27. The first-order valence-electron chi connectivity index (χ1n) is 7.50. The number of ether oxygens (including phenoxy) is 2. The van der Waals surface area contributed by atoms with Gasteiger partial charge in [-0.15, -0.1) is 0 Å². The lowest BCUT2D eigenvalue weighted by Crippen LogP contribution is -2.38. The maximum absolute atomic E-state index is 12.9. The second-order valence-electron chi connectivity index (χ2n) is 6.76. The minimum Gasteiger partial charge on any atom is -0.370 e. The summed E-state index contributed by atoms with van der Waals surface area (Å²) in [6, 6.07) is 6.52. The predicted molar refractivity (Wildman–Crippen MR) is 75.9 cm³/mol. The standard InChI is InChI=1S/C17H23FO2/c1-12(2)17-9-8-16(3,20-17)15(10-17)19-11-13-4-6-14(18)7-5-13/h4-7,12,15H,8-11H2,1-3H3/t15-,16+,17-/m0/s1. The van der Waals surface area contributed by atoms with Gasteiger partial charge in [-0.2, -0.15) is 0 Å². The molecule has 2 nitrogen and oxygen atoms in total. The van der Waals surface area contributed by atoms with E-state index in [-0.39, 0.29) is 23.1 Å². The SMILES string of the molecule is CC(C)[C@@]12CC[C@@](C)(O1)[C@@H](OCc1ccc(F)cc1)C2. The Morgan fingerprint density at radius 3 is 2.60 bits per heavy atom. The van der Waals surface area contributed by atoms with E-state index in [4.69, 9.17) is 9.47 Å². The summed E-state index contributed by atoms with van der Waals surface area (Å²) >= 11 is 0. The van der Waals surface area contributed by atoms with Gasteiger partial charge in [0.25, 0.3) is 0 Å². The molecule has 2 fully saturated rings. The maximum atomic E-state index is 12.9. The monoisotopic (exact) mass is 278 g/mol. The molecule has 2 heterocycles. The van der Waals surface area contributed by atoms with E-state index in [1.165, 1.54) is 12.1 Å². The van der Waals surface area contributed by atoms with Crippen LogP contribution in [0.4, 0.5) is 4.39 Å². The topological polar surface area (TPSA) is 18.5 Å². The van der Waals surface area contributed by atoms with Crippen LogP contribution in [0.2, 0.25) is 0 Å². The molecule has 0 aliphatic carbocycles. The quantitative estimate of drug-likeness (QED) is 0.826. The summed E-state index contributed by atoms with van der Waals surface area (Å²) in [5, 5.41) is 0. The second-order valence-corrected chi connectivity index (χ2v) is 6.76. The fraction of sp³-hybridized carbons (Fsp3) is 0.647. The minimum atomic E-state index is -0.206. The lowest BCUT2D eigenvalue weighted by atomic mass is 9.75. The number of benzene rings is 1. The molecule has 0 saturated carbocycles. The lowest BCUT2D eigenvalue weighted by molar-refractivity contribution is -0.0959. The van der Waals surface area contributed by atoms with Gasteiger partial charge < -0.3 is 9.47 Å². The normalized spacial score (nSPS) is 36.0. The van der Waals surface area contributed by atoms with Gasteiger partial charge in [-0.1, -0.05) is 26.0 Å². The van der Waals surface area contributed by atoms with Crippen LogP contribution in [-0.4, -0.2) is 17.3 Å². The van der Waals surface area contributed by atoms with Crippen molar-refractivity contribution in [2.75, 3.05) is 0 Å². The van der Waals surface area contributed by atoms with Crippen LogP contribution in [0.1, 0.15) is 45.6 Å². The number of hydrogen-bond donors (Lipinski definition) is 0. The van der Waals surface area contributed by atoms with Crippen LogP contribution in [-0.2, 0) is 16.1 Å². The van der Waals surface area contributed by atoms with Crippen molar-refractivity contribution in [2.45, 2.75) is 63.9 Å². The fourth-order valence-electron chi connectivity index (χ4n) is 3.58. The van der Waals surface area contributed by atoms with Gasteiger partial charge in [0.1, 0.15) is 5.82 Å². The van der Waals surface area contributed by atoms with E-state index in [1.807, 2.05) is 0 Å². The van der Waals surface area contributed by atoms with Crippen molar-refractivity contribution in [3.8, 4) is 0 Å². The molecule has 0 N–H and O–H groups in total. The highest BCUT2D eigenvalue weighted by Gasteiger charge is 2.60. The minimum absolute atomic E-state index is 0.00220. The average Bonchev–Trinajstić information content (AvgIpc) is 2.90. The van der Waals surface area contributed by atoms with Gasteiger partial charge in [0, 0.05) is 6.42 Å².